The molecule has 4 heteroatoms. The Morgan fingerprint density at radius 2 is 2.12 bits per heavy atom. The monoisotopic (exact) mass is 256 g/mol. The Kier molecular flexibility index (Phi) is 4.80. The summed E-state index contributed by atoms with van der Waals surface area (Å²) in [7, 11) is 0. The van der Waals surface area contributed by atoms with Crippen LogP contribution in [0, 0.1) is 0 Å². The van der Waals surface area contributed by atoms with Crippen LogP contribution in [0.2, 0.25) is 5.02 Å². The largest absolute Gasteiger partial charge is 0.396 e. The molecule has 0 aliphatic carbocycles. The van der Waals surface area contributed by atoms with Gasteiger partial charge in [-0.3, -0.25) is 0 Å². The predicted octanol–water partition coefficient (Wildman–Crippen LogP) is 2.92. The highest BCUT2D eigenvalue weighted by atomic mass is 35.5. The van der Waals surface area contributed by atoms with Crippen molar-refractivity contribution < 1.29 is 14.6 Å². The van der Waals surface area contributed by atoms with Crippen LogP contribution in [0.1, 0.15) is 31.1 Å². The molecule has 3 nitrogen and oxygen atoms in total. The number of hydrogen-bond donors (Lipinski definition) is 1. The lowest BCUT2D eigenvalue weighted by atomic mass is 10.2. The summed E-state index contributed by atoms with van der Waals surface area (Å²) in [5.41, 5.74) is 0.888. The summed E-state index contributed by atoms with van der Waals surface area (Å²) in [6, 6.07) is 7.57. The van der Waals surface area contributed by atoms with Crippen LogP contribution in [0.4, 0.5) is 0 Å². The maximum Gasteiger partial charge on any atom is 0.185 e. The van der Waals surface area contributed by atoms with Gasteiger partial charge in [-0.15, -0.1) is 0 Å². The van der Waals surface area contributed by atoms with E-state index in [-0.39, 0.29) is 19.0 Å². The third-order valence-corrected chi connectivity index (χ3v) is 3.19. The quantitative estimate of drug-likeness (QED) is 0.824. The summed E-state index contributed by atoms with van der Waals surface area (Å²) in [5.74, 6) is 0. The second-order valence-electron chi connectivity index (χ2n) is 4.16. The third kappa shape index (κ3) is 3.42. The number of aliphatic hydroxyl groups is 1. The van der Waals surface area contributed by atoms with Gasteiger partial charge in [0.15, 0.2) is 6.29 Å². The summed E-state index contributed by atoms with van der Waals surface area (Å²) < 4.78 is 11.4. The smallest absolute Gasteiger partial charge is 0.185 e. The van der Waals surface area contributed by atoms with Crippen LogP contribution in [0.25, 0.3) is 0 Å². The maximum atomic E-state index is 8.72. The van der Waals surface area contributed by atoms with Gasteiger partial charge < -0.3 is 14.6 Å². The molecule has 17 heavy (non-hydrogen) atoms. The number of halogens is 1. The van der Waals surface area contributed by atoms with Crippen LogP contribution in [-0.2, 0) is 9.47 Å². The van der Waals surface area contributed by atoms with Crippen molar-refractivity contribution >= 4 is 11.6 Å². The zero-order chi connectivity index (χ0) is 12.1. The van der Waals surface area contributed by atoms with Crippen molar-refractivity contribution in [2.75, 3.05) is 13.2 Å². The van der Waals surface area contributed by atoms with Gasteiger partial charge in [0, 0.05) is 17.2 Å². The van der Waals surface area contributed by atoms with Crippen molar-refractivity contribution in [1.82, 2.24) is 0 Å². The van der Waals surface area contributed by atoms with Crippen LogP contribution in [0.15, 0.2) is 24.3 Å². The van der Waals surface area contributed by atoms with Gasteiger partial charge in [0.05, 0.1) is 12.7 Å². The van der Waals surface area contributed by atoms with Crippen molar-refractivity contribution in [2.24, 2.45) is 0 Å². The van der Waals surface area contributed by atoms with Crippen LogP contribution < -0.4 is 0 Å². The van der Waals surface area contributed by atoms with E-state index in [1.54, 1.807) is 0 Å². The van der Waals surface area contributed by atoms with Crippen molar-refractivity contribution in [3.05, 3.63) is 34.9 Å². The van der Waals surface area contributed by atoms with Crippen molar-refractivity contribution in [1.29, 1.82) is 0 Å². The van der Waals surface area contributed by atoms with Gasteiger partial charge in [-0.2, -0.15) is 0 Å². The highest BCUT2D eigenvalue weighted by Crippen LogP contribution is 2.32. The van der Waals surface area contributed by atoms with E-state index in [2.05, 4.69) is 0 Å². The first-order valence-electron chi connectivity index (χ1n) is 5.93. The Hall–Kier alpha value is -0.610. The van der Waals surface area contributed by atoms with Gasteiger partial charge in [0.1, 0.15) is 0 Å². The van der Waals surface area contributed by atoms with E-state index in [1.807, 2.05) is 24.3 Å². The maximum absolute atomic E-state index is 8.72. The van der Waals surface area contributed by atoms with Crippen LogP contribution in [0.5, 0.6) is 0 Å². The summed E-state index contributed by atoms with van der Waals surface area (Å²) in [6.45, 7) is 0.836. The number of rotatable bonds is 5. The summed E-state index contributed by atoms with van der Waals surface area (Å²) in [5, 5.41) is 9.39. The molecule has 0 bridgehead atoms. The average Bonchev–Trinajstić information content (AvgIpc) is 2.79. The van der Waals surface area contributed by atoms with Crippen LogP contribution >= 0.6 is 11.6 Å². The molecule has 0 spiro atoms. The van der Waals surface area contributed by atoms with Gasteiger partial charge in [-0.05, 0) is 25.3 Å². The number of hydrogen-bond acceptors (Lipinski definition) is 3. The van der Waals surface area contributed by atoms with Gasteiger partial charge in [0.2, 0.25) is 0 Å². The lowest BCUT2D eigenvalue weighted by molar-refractivity contribution is -0.0613. The predicted molar refractivity (Wildman–Crippen MR) is 66.0 cm³/mol. The minimum absolute atomic E-state index is 0.114. The highest BCUT2D eigenvalue weighted by Gasteiger charge is 2.27. The molecule has 2 rings (SSSR count). The topological polar surface area (TPSA) is 38.7 Å². The fraction of sp³-hybridized carbons (Fsp3) is 0.538. The SMILES string of the molecule is OCCCCC1COC(c2ccccc2Cl)O1. The Bertz CT molecular complexity index is 356. The molecule has 1 saturated heterocycles. The molecular formula is C13H17ClO3. The van der Waals surface area contributed by atoms with E-state index in [9.17, 15) is 0 Å². The van der Waals surface area contributed by atoms with E-state index < -0.39 is 0 Å². The Morgan fingerprint density at radius 1 is 1.29 bits per heavy atom. The van der Waals surface area contributed by atoms with E-state index in [0.29, 0.717) is 11.6 Å². The molecule has 2 atom stereocenters. The number of aliphatic hydroxyl groups excluding tert-OH is 1. The van der Waals surface area contributed by atoms with Gasteiger partial charge in [0.25, 0.3) is 0 Å². The summed E-state index contributed by atoms with van der Waals surface area (Å²) in [4.78, 5) is 0. The lowest BCUT2D eigenvalue weighted by Gasteiger charge is -2.12. The molecule has 94 valence electrons. The molecule has 1 aromatic rings. The molecule has 1 aliphatic heterocycles. The van der Waals surface area contributed by atoms with E-state index in [1.165, 1.54) is 0 Å². The molecule has 1 N–H and O–H groups in total. The van der Waals surface area contributed by atoms with Gasteiger partial charge in [-0.1, -0.05) is 29.8 Å². The molecule has 1 heterocycles. The highest BCUT2D eigenvalue weighted by molar-refractivity contribution is 6.31. The lowest BCUT2D eigenvalue weighted by Crippen LogP contribution is -2.09. The zero-order valence-corrected chi connectivity index (χ0v) is 10.4. The van der Waals surface area contributed by atoms with E-state index in [4.69, 9.17) is 26.2 Å². The summed E-state index contributed by atoms with van der Waals surface area (Å²) >= 11 is 6.09. The Morgan fingerprint density at radius 3 is 2.88 bits per heavy atom. The molecule has 0 saturated carbocycles. The second-order valence-corrected chi connectivity index (χ2v) is 4.57. The first kappa shape index (κ1) is 12.8. The molecule has 1 fully saturated rings. The van der Waals surface area contributed by atoms with Crippen LogP contribution in [0.3, 0.4) is 0 Å². The molecule has 0 aromatic heterocycles. The molecule has 1 aromatic carbocycles. The standard InChI is InChI=1S/C13H17ClO3/c14-12-7-2-1-6-11(12)13-16-9-10(17-13)5-3-4-8-15/h1-2,6-7,10,13,15H,3-5,8-9H2. The normalized spacial score (nSPS) is 24.1. The third-order valence-electron chi connectivity index (χ3n) is 2.84. The van der Waals surface area contributed by atoms with Crippen molar-refractivity contribution in [2.45, 2.75) is 31.7 Å². The second kappa shape index (κ2) is 6.36. The summed E-state index contributed by atoms with van der Waals surface area (Å²) in [6.07, 6.45) is 2.46. The minimum Gasteiger partial charge on any atom is -0.396 e. The van der Waals surface area contributed by atoms with E-state index >= 15 is 0 Å². The Labute approximate surface area is 106 Å². The molecule has 2 unspecified atom stereocenters. The van der Waals surface area contributed by atoms with Gasteiger partial charge in [-0.25, -0.2) is 0 Å². The number of benzene rings is 1. The van der Waals surface area contributed by atoms with Gasteiger partial charge >= 0.3 is 0 Å². The fourth-order valence-corrected chi connectivity index (χ4v) is 2.14. The first-order valence-corrected chi connectivity index (χ1v) is 6.31. The first-order chi connectivity index (χ1) is 8.31. The molecule has 1 aliphatic rings. The Balaban J connectivity index is 1.87. The minimum atomic E-state index is -0.345. The molecular weight excluding hydrogens is 240 g/mol. The van der Waals surface area contributed by atoms with Crippen molar-refractivity contribution in [3.63, 3.8) is 0 Å². The van der Waals surface area contributed by atoms with Crippen LogP contribution in [-0.4, -0.2) is 24.4 Å². The molecule has 0 amide bonds. The number of unbranched alkanes of at least 4 members (excludes halogenated alkanes) is 1. The molecule has 0 radical (unpaired) electrons. The average molecular weight is 257 g/mol. The van der Waals surface area contributed by atoms with Crippen molar-refractivity contribution in [3.8, 4) is 0 Å². The van der Waals surface area contributed by atoms with E-state index in [0.717, 1.165) is 24.8 Å². The zero-order valence-electron chi connectivity index (χ0n) is 9.64. The number of ether oxygens (including phenoxy) is 2. The fourth-order valence-electron chi connectivity index (χ4n) is 1.91.